The predicted molar refractivity (Wildman–Crippen MR) is 85.8 cm³/mol. The molecule has 0 aliphatic rings. The Morgan fingerprint density at radius 1 is 1.24 bits per heavy atom. The molecule has 0 aliphatic carbocycles. The Bertz CT molecular complexity index is 382. The van der Waals surface area contributed by atoms with Crippen LogP contribution in [0.5, 0.6) is 0 Å². The lowest BCUT2D eigenvalue weighted by molar-refractivity contribution is -0.00874. The molecule has 0 rings (SSSR count). The van der Waals surface area contributed by atoms with Gasteiger partial charge < -0.3 is 15.2 Å². The van der Waals surface area contributed by atoms with Crippen LogP contribution in [0.25, 0.3) is 0 Å². The molecule has 0 saturated carbocycles. The van der Waals surface area contributed by atoms with Gasteiger partial charge in [-0.25, -0.2) is 13.1 Å². The van der Waals surface area contributed by atoms with Crippen LogP contribution in [-0.4, -0.2) is 57.2 Å². The summed E-state index contributed by atoms with van der Waals surface area (Å²) in [4.78, 5) is 0. The number of nitrogens with one attached hydrogen (secondary N) is 2. The Labute approximate surface area is 129 Å². The highest BCUT2D eigenvalue weighted by molar-refractivity contribution is 7.88. The van der Waals surface area contributed by atoms with E-state index in [1.165, 1.54) is 0 Å². The molecule has 0 radical (unpaired) electrons. The summed E-state index contributed by atoms with van der Waals surface area (Å²) in [6.07, 6.45) is 1.62. The molecule has 0 bridgehead atoms. The second kappa shape index (κ2) is 9.05. The Balaban J connectivity index is 3.91. The zero-order valence-corrected chi connectivity index (χ0v) is 15.0. The molecule has 0 fully saturated rings. The first-order chi connectivity index (χ1) is 9.41. The van der Waals surface area contributed by atoms with Crippen molar-refractivity contribution in [3.63, 3.8) is 0 Å². The van der Waals surface area contributed by atoms with E-state index in [9.17, 15) is 13.5 Å². The quantitative estimate of drug-likeness (QED) is 0.521. The molecule has 0 aliphatic heterocycles. The summed E-state index contributed by atoms with van der Waals surface area (Å²) < 4.78 is 30.5. The lowest BCUT2D eigenvalue weighted by atomic mass is 10.1. The van der Waals surface area contributed by atoms with Crippen LogP contribution < -0.4 is 10.0 Å². The van der Waals surface area contributed by atoms with E-state index in [4.69, 9.17) is 4.74 Å². The van der Waals surface area contributed by atoms with E-state index in [0.29, 0.717) is 19.0 Å². The van der Waals surface area contributed by atoms with Gasteiger partial charge >= 0.3 is 0 Å². The largest absolute Gasteiger partial charge is 0.389 e. The predicted octanol–water partition coefficient (Wildman–Crippen LogP) is 0.716. The summed E-state index contributed by atoms with van der Waals surface area (Å²) in [5.74, 6) is 0.568. The van der Waals surface area contributed by atoms with Gasteiger partial charge in [0.05, 0.1) is 25.1 Å². The molecule has 21 heavy (non-hydrogen) atoms. The van der Waals surface area contributed by atoms with Gasteiger partial charge in [0.15, 0.2) is 0 Å². The number of hydrogen-bond acceptors (Lipinski definition) is 5. The van der Waals surface area contributed by atoms with Crippen molar-refractivity contribution in [1.82, 2.24) is 10.0 Å². The second-order valence-electron chi connectivity index (χ2n) is 6.82. The highest BCUT2D eigenvalue weighted by atomic mass is 32.2. The number of hydrogen-bond donors (Lipinski definition) is 3. The van der Waals surface area contributed by atoms with Crippen LogP contribution in [0.4, 0.5) is 0 Å². The van der Waals surface area contributed by atoms with Crippen LogP contribution >= 0.6 is 0 Å². The maximum Gasteiger partial charge on any atom is 0.209 e. The number of ether oxygens (including phenoxy) is 1. The van der Waals surface area contributed by atoms with Crippen molar-refractivity contribution >= 4 is 10.0 Å². The highest BCUT2D eigenvalue weighted by Crippen LogP contribution is 2.07. The SMILES string of the molecule is CC(C)CC(C)OCC(O)CNCC(C)(C)NS(C)(=O)=O. The summed E-state index contributed by atoms with van der Waals surface area (Å²) in [5.41, 5.74) is -0.598. The van der Waals surface area contributed by atoms with Crippen molar-refractivity contribution in [3.05, 3.63) is 0 Å². The van der Waals surface area contributed by atoms with Crippen LogP contribution in [0.15, 0.2) is 0 Å². The number of aliphatic hydroxyl groups excluding tert-OH is 1. The Hall–Kier alpha value is -0.210. The van der Waals surface area contributed by atoms with E-state index in [-0.39, 0.29) is 12.7 Å². The lowest BCUT2D eigenvalue weighted by Gasteiger charge is -2.26. The third kappa shape index (κ3) is 13.2. The molecule has 7 heteroatoms. The van der Waals surface area contributed by atoms with Crippen LogP contribution in [0.3, 0.4) is 0 Å². The molecular formula is C14H32N2O4S. The molecule has 0 aromatic rings. The first-order valence-electron chi connectivity index (χ1n) is 7.40. The minimum absolute atomic E-state index is 0.128. The van der Waals surface area contributed by atoms with Crippen LogP contribution in [0.1, 0.15) is 41.0 Å². The summed E-state index contributed by atoms with van der Waals surface area (Å²) in [7, 11) is -3.24. The first-order valence-corrected chi connectivity index (χ1v) is 9.30. The molecular weight excluding hydrogens is 292 g/mol. The van der Waals surface area contributed by atoms with Crippen LogP contribution in [0, 0.1) is 5.92 Å². The monoisotopic (exact) mass is 324 g/mol. The van der Waals surface area contributed by atoms with Gasteiger partial charge in [0.25, 0.3) is 0 Å². The molecule has 0 spiro atoms. The summed E-state index contributed by atoms with van der Waals surface area (Å²) >= 11 is 0. The molecule has 0 aromatic heterocycles. The Kier molecular flexibility index (Phi) is 8.96. The molecule has 2 atom stereocenters. The number of aliphatic hydroxyl groups is 1. The highest BCUT2D eigenvalue weighted by Gasteiger charge is 2.22. The fourth-order valence-electron chi connectivity index (χ4n) is 2.16. The van der Waals surface area contributed by atoms with E-state index in [1.54, 1.807) is 13.8 Å². The van der Waals surface area contributed by atoms with E-state index >= 15 is 0 Å². The van der Waals surface area contributed by atoms with E-state index in [1.807, 2.05) is 6.92 Å². The second-order valence-corrected chi connectivity index (χ2v) is 8.56. The summed E-state index contributed by atoms with van der Waals surface area (Å²) in [5, 5.41) is 12.9. The van der Waals surface area contributed by atoms with Gasteiger partial charge in [0.2, 0.25) is 10.0 Å². The molecule has 6 nitrogen and oxygen atoms in total. The van der Waals surface area contributed by atoms with Crippen LogP contribution in [-0.2, 0) is 14.8 Å². The maximum atomic E-state index is 11.2. The van der Waals surface area contributed by atoms with Crippen molar-refractivity contribution in [3.8, 4) is 0 Å². The van der Waals surface area contributed by atoms with Gasteiger partial charge in [-0.3, -0.25) is 0 Å². The van der Waals surface area contributed by atoms with Gasteiger partial charge in [-0.1, -0.05) is 13.8 Å². The van der Waals surface area contributed by atoms with Crippen molar-refractivity contribution < 1.29 is 18.3 Å². The standard InChI is InChI=1S/C14H32N2O4S/c1-11(2)7-12(3)20-9-13(17)8-15-10-14(4,5)16-21(6,18)19/h11-13,15-17H,7-10H2,1-6H3. The average molecular weight is 324 g/mol. The topological polar surface area (TPSA) is 87.7 Å². The first kappa shape index (κ1) is 20.8. The molecule has 0 aromatic carbocycles. The molecule has 2 unspecified atom stereocenters. The van der Waals surface area contributed by atoms with Crippen molar-refractivity contribution in [1.29, 1.82) is 0 Å². The van der Waals surface area contributed by atoms with Crippen molar-refractivity contribution in [2.24, 2.45) is 5.92 Å². The normalized spacial score (nSPS) is 16.2. The average Bonchev–Trinajstić information content (AvgIpc) is 2.21. The van der Waals surface area contributed by atoms with E-state index in [2.05, 4.69) is 23.9 Å². The lowest BCUT2D eigenvalue weighted by Crippen LogP contribution is -2.51. The maximum absolute atomic E-state index is 11.2. The minimum atomic E-state index is -3.24. The van der Waals surface area contributed by atoms with Gasteiger partial charge in [0, 0.05) is 18.6 Å². The zero-order valence-electron chi connectivity index (χ0n) is 14.1. The number of sulfonamides is 1. The molecule has 0 heterocycles. The summed E-state index contributed by atoms with van der Waals surface area (Å²) in [6.45, 7) is 10.9. The number of rotatable bonds is 11. The Morgan fingerprint density at radius 3 is 2.29 bits per heavy atom. The van der Waals surface area contributed by atoms with Gasteiger partial charge in [-0.05, 0) is 33.1 Å². The van der Waals surface area contributed by atoms with Gasteiger partial charge in [-0.15, -0.1) is 0 Å². The van der Waals surface area contributed by atoms with Gasteiger partial charge in [-0.2, -0.15) is 0 Å². The molecule has 128 valence electrons. The molecule has 3 N–H and O–H groups in total. The van der Waals surface area contributed by atoms with E-state index in [0.717, 1.165) is 12.7 Å². The fourth-order valence-corrected chi connectivity index (χ4v) is 3.23. The smallest absolute Gasteiger partial charge is 0.209 e. The molecule has 0 amide bonds. The fraction of sp³-hybridized carbons (Fsp3) is 1.00. The van der Waals surface area contributed by atoms with Crippen molar-refractivity contribution in [2.75, 3.05) is 26.0 Å². The van der Waals surface area contributed by atoms with Crippen LogP contribution in [0.2, 0.25) is 0 Å². The zero-order chi connectivity index (χ0) is 16.7. The third-order valence-corrected chi connectivity index (χ3v) is 3.71. The van der Waals surface area contributed by atoms with Crippen molar-refractivity contribution in [2.45, 2.75) is 58.8 Å². The van der Waals surface area contributed by atoms with E-state index < -0.39 is 21.7 Å². The third-order valence-electron chi connectivity index (χ3n) is 2.79. The van der Waals surface area contributed by atoms with Gasteiger partial charge in [0.1, 0.15) is 0 Å². The Morgan fingerprint density at radius 2 is 1.81 bits per heavy atom. The minimum Gasteiger partial charge on any atom is -0.389 e. The molecule has 0 saturated heterocycles. The summed E-state index contributed by atoms with van der Waals surface area (Å²) in [6, 6.07) is 0.